The molecule has 0 saturated heterocycles. The number of aromatic nitrogens is 1. The largest absolute Gasteiger partial charge is 0.388 e. The molecule has 1 heterocycles. The summed E-state index contributed by atoms with van der Waals surface area (Å²) in [6.45, 7) is 3.69. The van der Waals surface area contributed by atoms with Crippen LogP contribution in [-0.4, -0.2) is 4.98 Å². The maximum Gasteiger partial charge on any atom is 0.230 e. The fourth-order valence-corrected chi connectivity index (χ4v) is 0.618. The number of hydrogen-bond donors (Lipinski definition) is 0. The molecule has 0 aliphatic carbocycles. The van der Waals surface area contributed by atoms with E-state index < -0.39 is 0 Å². The molecule has 0 N–H and O–H groups in total. The van der Waals surface area contributed by atoms with Crippen molar-refractivity contribution in [2.45, 2.75) is 13.8 Å². The van der Waals surface area contributed by atoms with Gasteiger partial charge in [-0.2, -0.15) is 0 Å². The van der Waals surface area contributed by atoms with Crippen LogP contribution in [0.15, 0.2) is 18.3 Å². The second-order valence-electron chi connectivity index (χ2n) is 2.13. The molecule has 1 aromatic heterocycles. The Bertz CT molecular complexity index is 279. The molecule has 0 fully saturated rings. The predicted molar refractivity (Wildman–Crippen MR) is 43.1 cm³/mol. The maximum absolute atomic E-state index is 4.94. The summed E-state index contributed by atoms with van der Waals surface area (Å²) in [5.41, 5.74) is 1.11. The molecule has 0 amide bonds. The third kappa shape index (κ3) is 2.30. The van der Waals surface area contributed by atoms with Crippen LogP contribution in [0.3, 0.4) is 0 Å². The van der Waals surface area contributed by atoms with Gasteiger partial charge in [0.1, 0.15) is 6.11 Å². The molecule has 2 nitrogen and oxygen atoms in total. The van der Waals surface area contributed by atoms with E-state index in [1.807, 2.05) is 13.0 Å². The van der Waals surface area contributed by atoms with E-state index in [9.17, 15) is 0 Å². The molecule has 1 rings (SSSR count). The molecule has 0 spiro atoms. The Labute approximate surface area is 66.2 Å². The molecular weight excluding hydrogens is 138 g/mol. The SMILES string of the molecule is CC#COc1ccc(C)cn1. The summed E-state index contributed by atoms with van der Waals surface area (Å²) >= 11 is 0. The molecule has 1 aromatic rings. The van der Waals surface area contributed by atoms with Crippen LogP contribution in [0.2, 0.25) is 0 Å². The van der Waals surface area contributed by atoms with Crippen LogP contribution < -0.4 is 4.74 Å². The van der Waals surface area contributed by atoms with Gasteiger partial charge < -0.3 is 4.74 Å². The summed E-state index contributed by atoms with van der Waals surface area (Å²) in [5.74, 6) is 3.16. The zero-order chi connectivity index (χ0) is 8.10. The topological polar surface area (TPSA) is 22.1 Å². The van der Waals surface area contributed by atoms with Crippen molar-refractivity contribution >= 4 is 0 Å². The van der Waals surface area contributed by atoms with E-state index in [2.05, 4.69) is 17.0 Å². The van der Waals surface area contributed by atoms with Gasteiger partial charge in [-0.25, -0.2) is 4.98 Å². The van der Waals surface area contributed by atoms with Gasteiger partial charge in [-0.05, 0) is 12.5 Å². The van der Waals surface area contributed by atoms with Crippen LogP contribution in [0.25, 0.3) is 0 Å². The lowest BCUT2D eigenvalue weighted by Crippen LogP contribution is -1.86. The minimum Gasteiger partial charge on any atom is -0.388 e. The van der Waals surface area contributed by atoms with Crippen LogP contribution in [0, 0.1) is 19.0 Å². The molecular formula is C9H9NO. The molecule has 56 valence electrons. The first-order chi connectivity index (χ1) is 5.33. The Balaban J connectivity index is 2.71. The Morgan fingerprint density at radius 2 is 2.27 bits per heavy atom. The van der Waals surface area contributed by atoms with Crippen molar-refractivity contribution in [1.82, 2.24) is 4.98 Å². The summed E-state index contributed by atoms with van der Waals surface area (Å²) in [5, 5.41) is 0. The minimum absolute atomic E-state index is 0.546. The highest BCUT2D eigenvalue weighted by atomic mass is 16.5. The van der Waals surface area contributed by atoms with E-state index in [0.717, 1.165) is 5.56 Å². The highest BCUT2D eigenvalue weighted by Crippen LogP contribution is 2.05. The summed E-state index contributed by atoms with van der Waals surface area (Å²) in [4.78, 5) is 3.99. The number of hydrogen-bond acceptors (Lipinski definition) is 2. The van der Waals surface area contributed by atoms with Crippen molar-refractivity contribution < 1.29 is 4.74 Å². The van der Waals surface area contributed by atoms with Gasteiger partial charge in [0.05, 0.1) is 0 Å². The van der Waals surface area contributed by atoms with Crippen molar-refractivity contribution in [2.24, 2.45) is 0 Å². The second-order valence-corrected chi connectivity index (χ2v) is 2.13. The van der Waals surface area contributed by atoms with Gasteiger partial charge >= 0.3 is 0 Å². The van der Waals surface area contributed by atoms with Gasteiger partial charge in [-0.15, -0.1) is 0 Å². The average Bonchev–Trinajstić information content (AvgIpc) is 2.04. The number of nitrogens with zero attached hydrogens (tertiary/aromatic N) is 1. The summed E-state index contributed by atoms with van der Waals surface area (Å²) in [7, 11) is 0. The molecule has 0 aliphatic rings. The molecule has 0 unspecified atom stereocenters. The third-order valence-corrected chi connectivity index (χ3v) is 1.14. The van der Waals surface area contributed by atoms with E-state index in [1.165, 1.54) is 0 Å². The molecule has 0 aromatic carbocycles. The lowest BCUT2D eigenvalue weighted by Gasteiger charge is -1.94. The van der Waals surface area contributed by atoms with E-state index >= 15 is 0 Å². The third-order valence-electron chi connectivity index (χ3n) is 1.14. The minimum atomic E-state index is 0.546. The number of pyridine rings is 1. The molecule has 0 bridgehead atoms. The van der Waals surface area contributed by atoms with Gasteiger partial charge in [0.25, 0.3) is 0 Å². The molecule has 0 radical (unpaired) electrons. The van der Waals surface area contributed by atoms with Crippen LogP contribution >= 0.6 is 0 Å². The Hall–Kier alpha value is -1.49. The van der Waals surface area contributed by atoms with Crippen molar-refractivity contribution in [3.05, 3.63) is 23.9 Å². The molecule has 0 saturated carbocycles. The van der Waals surface area contributed by atoms with Crippen LogP contribution in [0.4, 0.5) is 0 Å². The lowest BCUT2D eigenvalue weighted by molar-refractivity contribution is 0.497. The van der Waals surface area contributed by atoms with Gasteiger partial charge in [0.2, 0.25) is 5.88 Å². The van der Waals surface area contributed by atoms with Crippen LogP contribution in [0.5, 0.6) is 5.88 Å². The molecule has 11 heavy (non-hydrogen) atoms. The molecule has 0 aliphatic heterocycles. The van der Waals surface area contributed by atoms with Crippen molar-refractivity contribution in [3.8, 4) is 17.9 Å². The van der Waals surface area contributed by atoms with E-state index in [-0.39, 0.29) is 0 Å². The van der Waals surface area contributed by atoms with Crippen molar-refractivity contribution in [1.29, 1.82) is 0 Å². The van der Waals surface area contributed by atoms with Crippen LogP contribution in [-0.2, 0) is 0 Å². The number of aryl methyl sites for hydroxylation is 1. The molecule has 0 atom stereocenters. The average molecular weight is 147 g/mol. The Morgan fingerprint density at radius 3 is 2.82 bits per heavy atom. The van der Waals surface area contributed by atoms with E-state index in [0.29, 0.717) is 5.88 Å². The fourth-order valence-electron chi connectivity index (χ4n) is 0.618. The first-order valence-electron chi connectivity index (χ1n) is 3.34. The fraction of sp³-hybridized carbons (Fsp3) is 0.222. The van der Waals surface area contributed by atoms with Crippen molar-refractivity contribution in [3.63, 3.8) is 0 Å². The highest BCUT2D eigenvalue weighted by Gasteiger charge is 1.89. The first kappa shape index (κ1) is 7.62. The number of ether oxygens (including phenoxy) is 1. The maximum atomic E-state index is 4.94. The van der Waals surface area contributed by atoms with Crippen molar-refractivity contribution in [2.75, 3.05) is 0 Å². The van der Waals surface area contributed by atoms with Gasteiger partial charge in [0.15, 0.2) is 0 Å². The van der Waals surface area contributed by atoms with E-state index in [4.69, 9.17) is 4.74 Å². The molecule has 2 heteroatoms. The highest BCUT2D eigenvalue weighted by molar-refractivity contribution is 5.17. The first-order valence-corrected chi connectivity index (χ1v) is 3.34. The van der Waals surface area contributed by atoms with Gasteiger partial charge in [-0.1, -0.05) is 12.0 Å². The normalized spacial score (nSPS) is 8.18. The quantitative estimate of drug-likeness (QED) is 0.564. The lowest BCUT2D eigenvalue weighted by atomic mass is 10.3. The summed E-state index contributed by atoms with van der Waals surface area (Å²) < 4.78 is 4.94. The van der Waals surface area contributed by atoms with Crippen LogP contribution in [0.1, 0.15) is 12.5 Å². The van der Waals surface area contributed by atoms with Gasteiger partial charge in [-0.3, -0.25) is 0 Å². The predicted octanol–water partition coefficient (Wildman–Crippen LogP) is 1.75. The smallest absolute Gasteiger partial charge is 0.230 e. The Morgan fingerprint density at radius 1 is 1.45 bits per heavy atom. The van der Waals surface area contributed by atoms with E-state index in [1.54, 1.807) is 19.2 Å². The standard InChI is InChI=1S/C9H9NO/c1-3-6-11-9-5-4-8(2)7-10-9/h4-5,7H,1-2H3. The monoisotopic (exact) mass is 147 g/mol. The number of rotatable bonds is 1. The zero-order valence-corrected chi connectivity index (χ0v) is 6.59. The summed E-state index contributed by atoms with van der Waals surface area (Å²) in [6, 6.07) is 3.72. The second kappa shape index (κ2) is 3.62. The Kier molecular flexibility index (Phi) is 2.51. The summed E-state index contributed by atoms with van der Waals surface area (Å²) in [6.07, 6.45) is 4.21. The van der Waals surface area contributed by atoms with Gasteiger partial charge in [0, 0.05) is 19.2 Å². The zero-order valence-electron chi connectivity index (χ0n) is 6.59.